The third-order valence-electron chi connectivity index (χ3n) is 3.36. The summed E-state index contributed by atoms with van der Waals surface area (Å²) in [6, 6.07) is 1.39. The molecule has 0 saturated carbocycles. The molecule has 0 aliphatic rings. The second-order valence-corrected chi connectivity index (χ2v) is 4.54. The molecule has 1 unspecified atom stereocenters. The van der Waals surface area contributed by atoms with Crippen LogP contribution < -0.4 is 5.32 Å². The molecule has 0 aliphatic heterocycles. The maximum Gasteiger partial charge on any atom is 0.0192 e. The van der Waals surface area contributed by atoms with Crippen molar-refractivity contribution in [3.63, 3.8) is 0 Å². The molecule has 2 nitrogen and oxygen atoms in total. The standard InChI is InChI=1S/C13H30N2/c1-6-9-10-14-11-12(4)15(5)13(7-2)8-3/h12-14H,6-11H2,1-5H3. The first-order valence-corrected chi connectivity index (χ1v) is 6.59. The van der Waals surface area contributed by atoms with Gasteiger partial charge in [0.25, 0.3) is 0 Å². The van der Waals surface area contributed by atoms with Gasteiger partial charge in [-0.15, -0.1) is 0 Å². The van der Waals surface area contributed by atoms with E-state index < -0.39 is 0 Å². The Balaban J connectivity index is 3.71. The number of nitrogens with one attached hydrogen (secondary N) is 1. The highest BCUT2D eigenvalue weighted by atomic mass is 15.2. The van der Waals surface area contributed by atoms with Crippen LogP contribution in [0.4, 0.5) is 0 Å². The van der Waals surface area contributed by atoms with Crippen molar-refractivity contribution in [2.45, 2.75) is 65.5 Å². The first kappa shape index (κ1) is 14.9. The van der Waals surface area contributed by atoms with Crippen LogP contribution >= 0.6 is 0 Å². The lowest BCUT2D eigenvalue weighted by molar-refractivity contribution is 0.171. The van der Waals surface area contributed by atoms with E-state index in [1.54, 1.807) is 0 Å². The van der Waals surface area contributed by atoms with E-state index in [1.807, 2.05) is 0 Å². The van der Waals surface area contributed by atoms with Crippen LogP contribution in [0.25, 0.3) is 0 Å². The summed E-state index contributed by atoms with van der Waals surface area (Å²) in [5.41, 5.74) is 0. The van der Waals surface area contributed by atoms with E-state index in [-0.39, 0.29) is 0 Å². The number of unbranched alkanes of at least 4 members (excludes halogenated alkanes) is 1. The lowest BCUT2D eigenvalue weighted by Gasteiger charge is -2.32. The van der Waals surface area contributed by atoms with Gasteiger partial charge in [0, 0.05) is 18.6 Å². The number of nitrogens with zero attached hydrogens (tertiary/aromatic N) is 1. The van der Waals surface area contributed by atoms with Gasteiger partial charge in [-0.2, -0.15) is 0 Å². The highest BCUT2D eigenvalue weighted by Gasteiger charge is 2.15. The highest BCUT2D eigenvalue weighted by Crippen LogP contribution is 2.09. The van der Waals surface area contributed by atoms with E-state index in [4.69, 9.17) is 0 Å². The van der Waals surface area contributed by atoms with Crippen LogP contribution in [0.2, 0.25) is 0 Å². The summed E-state index contributed by atoms with van der Waals surface area (Å²) >= 11 is 0. The van der Waals surface area contributed by atoms with Crippen molar-refractivity contribution in [2.75, 3.05) is 20.1 Å². The molecule has 0 bridgehead atoms. The third kappa shape index (κ3) is 6.16. The smallest absolute Gasteiger partial charge is 0.0192 e. The van der Waals surface area contributed by atoms with Crippen LogP contribution in [0, 0.1) is 0 Å². The Bertz CT molecular complexity index is 132. The van der Waals surface area contributed by atoms with Gasteiger partial charge >= 0.3 is 0 Å². The topological polar surface area (TPSA) is 15.3 Å². The summed E-state index contributed by atoms with van der Waals surface area (Å²) in [6.07, 6.45) is 5.09. The van der Waals surface area contributed by atoms with Crippen molar-refractivity contribution in [3.8, 4) is 0 Å². The monoisotopic (exact) mass is 214 g/mol. The molecule has 0 saturated heterocycles. The molecule has 0 aliphatic carbocycles. The van der Waals surface area contributed by atoms with Gasteiger partial charge in [0.1, 0.15) is 0 Å². The summed E-state index contributed by atoms with van der Waals surface area (Å²) in [6.45, 7) is 11.4. The fourth-order valence-corrected chi connectivity index (χ4v) is 1.98. The maximum atomic E-state index is 3.53. The van der Waals surface area contributed by atoms with Gasteiger partial charge < -0.3 is 5.32 Å². The minimum atomic E-state index is 0.645. The fourth-order valence-electron chi connectivity index (χ4n) is 1.98. The summed E-state index contributed by atoms with van der Waals surface area (Å²) in [7, 11) is 2.25. The average Bonchev–Trinajstić information content (AvgIpc) is 2.25. The van der Waals surface area contributed by atoms with Crippen LogP contribution in [0.5, 0.6) is 0 Å². The van der Waals surface area contributed by atoms with E-state index in [9.17, 15) is 0 Å². The molecule has 0 aromatic rings. The Morgan fingerprint density at radius 1 is 1.13 bits per heavy atom. The van der Waals surface area contributed by atoms with Crippen LogP contribution in [0.3, 0.4) is 0 Å². The van der Waals surface area contributed by atoms with Crippen LogP contribution in [-0.4, -0.2) is 37.1 Å². The zero-order valence-electron chi connectivity index (χ0n) is 11.3. The molecular formula is C13H30N2. The second kappa shape index (κ2) is 9.17. The lowest BCUT2D eigenvalue weighted by atomic mass is 10.1. The summed E-state index contributed by atoms with van der Waals surface area (Å²) in [5.74, 6) is 0. The molecule has 0 rings (SSSR count). The van der Waals surface area contributed by atoms with Gasteiger partial charge in [0.2, 0.25) is 0 Å². The predicted octanol–water partition coefficient (Wildman–Crippen LogP) is 2.89. The Kier molecular flexibility index (Phi) is 9.12. The molecule has 0 fully saturated rings. The van der Waals surface area contributed by atoms with Crippen molar-refractivity contribution in [1.82, 2.24) is 10.2 Å². The van der Waals surface area contributed by atoms with Crippen molar-refractivity contribution in [2.24, 2.45) is 0 Å². The highest BCUT2D eigenvalue weighted by molar-refractivity contribution is 4.73. The van der Waals surface area contributed by atoms with E-state index >= 15 is 0 Å². The first-order valence-electron chi connectivity index (χ1n) is 6.59. The van der Waals surface area contributed by atoms with Crippen LogP contribution in [0.1, 0.15) is 53.4 Å². The van der Waals surface area contributed by atoms with Gasteiger partial charge in [-0.05, 0) is 39.8 Å². The maximum absolute atomic E-state index is 3.53. The van der Waals surface area contributed by atoms with Gasteiger partial charge in [0.05, 0.1) is 0 Å². The molecule has 0 spiro atoms. The molecule has 92 valence electrons. The molecular weight excluding hydrogens is 184 g/mol. The second-order valence-electron chi connectivity index (χ2n) is 4.54. The van der Waals surface area contributed by atoms with Crippen LogP contribution in [-0.2, 0) is 0 Å². The van der Waals surface area contributed by atoms with Gasteiger partial charge in [-0.25, -0.2) is 0 Å². The van der Waals surface area contributed by atoms with E-state index in [0.29, 0.717) is 6.04 Å². The molecule has 0 amide bonds. The minimum absolute atomic E-state index is 0.645. The van der Waals surface area contributed by atoms with Crippen molar-refractivity contribution >= 4 is 0 Å². The Morgan fingerprint density at radius 2 is 1.73 bits per heavy atom. The predicted molar refractivity (Wildman–Crippen MR) is 69.4 cm³/mol. The number of rotatable bonds is 9. The quantitative estimate of drug-likeness (QED) is 0.594. The largest absolute Gasteiger partial charge is 0.315 e. The van der Waals surface area contributed by atoms with E-state index in [1.165, 1.54) is 25.7 Å². The fraction of sp³-hybridized carbons (Fsp3) is 1.00. The molecule has 15 heavy (non-hydrogen) atoms. The molecule has 0 aromatic heterocycles. The first-order chi connectivity index (χ1) is 7.17. The summed E-state index contributed by atoms with van der Waals surface area (Å²) in [4.78, 5) is 2.51. The number of hydrogen-bond acceptors (Lipinski definition) is 2. The molecule has 0 heterocycles. The van der Waals surface area contributed by atoms with Gasteiger partial charge in [0.15, 0.2) is 0 Å². The Labute approximate surface area is 96.4 Å². The zero-order chi connectivity index (χ0) is 11.7. The molecule has 2 heteroatoms. The van der Waals surface area contributed by atoms with Crippen molar-refractivity contribution < 1.29 is 0 Å². The van der Waals surface area contributed by atoms with E-state index in [0.717, 1.165) is 19.1 Å². The lowest BCUT2D eigenvalue weighted by Crippen LogP contribution is -2.43. The van der Waals surface area contributed by atoms with Crippen molar-refractivity contribution in [1.29, 1.82) is 0 Å². The normalized spacial score (nSPS) is 13.8. The summed E-state index contributed by atoms with van der Waals surface area (Å²) < 4.78 is 0. The third-order valence-corrected chi connectivity index (χ3v) is 3.36. The van der Waals surface area contributed by atoms with E-state index in [2.05, 4.69) is 45.0 Å². The number of hydrogen-bond donors (Lipinski definition) is 1. The molecule has 1 atom stereocenters. The Morgan fingerprint density at radius 3 is 2.20 bits per heavy atom. The van der Waals surface area contributed by atoms with Gasteiger partial charge in [-0.3, -0.25) is 4.90 Å². The van der Waals surface area contributed by atoms with Crippen LogP contribution in [0.15, 0.2) is 0 Å². The zero-order valence-corrected chi connectivity index (χ0v) is 11.3. The van der Waals surface area contributed by atoms with Gasteiger partial charge in [-0.1, -0.05) is 27.2 Å². The summed E-state index contributed by atoms with van der Waals surface area (Å²) in [5, 5.41) is 3.53. The molecule has 1 N–H and O–H groups in total. The van der Waals surface area contributed by atoms with Crippen molar-refractivity contribution in [3.05, 3.63) is 0 Å². The average molecular weight is 214 g/mol. The SMILES string of the molecule is CCCCNCC(C)N(C)C(CC)CC. The number of likely N-dealkylation sites (N-methyl/N-ethyl adjacent to an activating group) is 1. The minimum Gasteiger partial charge on any atom is -0.315 e. The molecule has 0 aromatic carbocycles. The molecule has 0 radical (unpaired) electrons. The Hall–Kier alpha value is -0.0800.